The van der Waals surface area contributed by atoms with Crippen molar-refractivity contribution in [3.8, 4) is 0 Å². The van der Waals surface area contributed by atoms with Crippen molar-refractivity contribution in [3.05, 3.63) is 0 Å². The fraction of sp³-hybridized carbons (Fsp3) is 0.833. The van der Waals surface area contributed by atoms with E-state index in [0.717, 1.165) is 18.6 Å². The van der Waals surface area contributed by atoms with Crippen LogP contribution in [0.5, 0.6) is 0 Å². The number of carboxylic acids is 1. The molecule has 1 fully saturated rings. The van der Waals surface area contributed by atoms with Gasteiger partial charge in [-0.25, -0.2) is 4.79 Å². The summed E-state index contributed by atoms with van der Waals surface area (Å²) in [5.74, 6) is 0.117. The smallest absolute Gasteiger partial charge is 0.327 e. The number of carboxylic acid groups (broad SMARTS) is 1. The Kier molecular flexibility index (Phi) is 7.02. The van der Waals surface area contributed by atoms with Crippen LogP contribution in [0.25, 0.3) is 0 Å². The summed E-state index contributed by atoms with van der Waals surface area (Å²) in [6, 6.07) is -1.32. The molecule has 2 unspecified atom stereocenters. The number of thioether (sulfide) groups is 2. The predicted octanol–water partition coefficient (Wildman–Crippen LogP) is 1.22. The average molecular weight is 306 g/mol. The van der Waals surface area contributed by atoms with E-state index in [1.54, 1.807) is 23.5 Å². The van der Waals surface area contributed by atoms with E-state index in [-0.39, 0.29) is 11.3 Å². The van der Waals surface area contributed by atoms with Crippen molar-refractivity contribution in [1.82, 2.24) is 4.90 Å². The van der Waals surface area contributed by atoms with Crippen LogP contribution in [-0.2, 0) is 9.59 Å². The van der Waals surface area contributed by atoms with E-state index in [9.17, 15) is 14.7 Å². The molecule has 3 atom stereocenters. The monoisotopic (exact) mass is 306 g/mol. The maximum Gasteiger partial charge on any atom is 0.327 e. The van der Waals surface area contributed by atoms with Gasteiger partial charge in [0.15, 0.2) is 0 Å². The zero-order chi connectivity index (χ0) is 14.4. The van der Waals surface area contributed by atoms with E-state index in [1.165, 1.54) is 4.90 Å². The van der Waals surface area contributed by atoms with Gasteiger partial charge in [-0.05, 0) is 24.9 Å². The number of carbonyl (C=O) groups excluding carboxylic acids is 1. The molecule has 0 aromatic heterocycles. The lowest BCUT2D eigenvalue weighted by atomic mass is 10.1. The van der Waals surface area contributed by atoms with Crippen molar-refractivity contribution >= 4 is 35.4 Å². The van der Waals surface area contributed by atoms with Crippen LogP contribution < -0.4 is 5.73 Å². The van der Waals surface area contributed by atoms with Crippen LogP contribution in [0, 0.1) is 0 Å². The first-order valence-corrected chi connectivity index (χ1v) is 8.88. The summed E-state index contributed by atoms with van der Waals surface area (Å²) in [7, 11) is 0. The number of aliphatic carboxylic acids is 1. The summed E-state index contributed by atoms with van der Waals surface area (Å²) < 4.78 is 0. The maximum absolute atomic E-state index is 12.4. The molecule has 0 aromatic carbocycles. The largest absolute Gasteiger partial charge is 0.480 e. The molecular formula is C12H22N2O3S2. The molecule has 1 aliphatic heterocycles. The van der Waals surface area contributed by atoms with Gasteiger partial charge in [0, 0.05) is 5.75 Å². The number of nitrogens with zero attached hydrogens (tertiary/aromatic N) is 1. The van der Waals surface area contributed by atoms with Crippen molar-refractivity contribution in [1.29, 1.82) is 0 Å². The SMILES string of the molecule is CCCC1SCC(C(=O)O)N1C(=O)[C@H](N)CCSC. The van der Waals surface area contributed by atoms with E-state index < -0.39 is 18.1 Å². The topological polar surface area (TPSA) is 83.6 Å². The van der Waals surface area contributed by atoms with E-state index >= 15 is 0 Å². The van der Waals surface area contributed by atoms with Gasteiger partial charge in [0.05, 0.1) is 11.4 Å². The summed E-state index contributed by atoms with van der Waals surface area (Å²) in [5, 5.41) is 9.18. The Morgan fingerprint density at radius 3 is 2.79 bits per heavy atom. The molecule has 1 rings (SSSR count). The third-order valence-corrected chi connectivity index (χ3v) is 5.12. The molecule has 19 heavy (non-hydrogen) atoms. The predicted molar refractivity (Wildman–Crippen MR) is 80.4 cm³/mol. The maximum atomic E-state index is 12.4. The molecule has 110 valence electrons. The second-order valence-electron chi connectivity index (χ2n) is 4.56. The minimum atomic E-state index is -0.934. The molecule has 3 N–H and O–H groups in total. The lowest BCUT2D eigenvalue weighted by molar-refractivity contribution is -0.149. The highest BCUT2D eigenvalue weighted by Gasteiger charge is 2.42. The highest BCUT2D eigenvalue weighted by Crippen LogP contribution is 2.32. The number of carbonyl (C=O) groups is 2. The number of hydrogen-bond donors (Lipinski definition) is 2. The molecular weight excluding hydrogens is 284 g/mol. The second kappa shape index (κ2) is 8.01. The average Bonchev–Trinajstić information content (AvgIpc) is 2.79. The summed E-state index contributed by atoms with van der Waals surface area (Å²) in [4.78, 5) is 25.1. The molecule has 0 aromatic rings. The number of rotatable bonds is 7. The first-order valence-electron chi connectivity index (χ1n) is 6.44. The van der Waals surface area contributed by atoms with E-state index in [0.29, 0.717) is 12.2 Å². The molecule has 1 saturated heterocycles. The van der Waals surface area contributed by atoms with Crippen molar-refractivity contribution in [2.24, 2.45) is 5.73 Å². The fourth-order valence-electron chi connectivity index (χ4n) is 2.08. The Balaban J connectivity index is 2.76. The molecule has 5 nitrogen and oxygen atoms in total. The molecule has 0 aliphatic carbocycles. The highest BCUT2D eigenvalue weighted by molar-refractivity contribution is 8.00. The van der Waals surface area contributed by atoms with Gasteiger partial charge in [0.25, 0.3) is 0 Å². The van der Waals surface area contributed by atoms with Crippen LogP contribution in [0.2, 0.25) is 0 Å². The Labute approximate surface area is 122 Å². The van der Waals surface area contributed by atoms with Gasteiger partial charge in [-0.2, -0.15) is 11.8 Å². The van der Waals surface area contributed by atoms with Crippen LogP contribution in [0.4, 0.5) is 0 Å². The standard InChI is InChI=1S/C12H22N2O3S2/c1-3-4-10-14(9(7-19-10)12(16)17)11(15)8(13)5-6-18-2/h8-10H,3-7,13H2,1-2H3,(H,16,17)/t8-,9?,10?/m1/s1. The molecule has 0 spiro atoms. The quantitative estimate of drug-likeness (QED) is 0.736. The van der Waals surface area contributed by atoms with Gasteiger partial charge in [-0.15, -0.1) is 11.8 Å². The molecule has 0 radical (unpaired) electrons. The minimum absolute atomic E-state index is 0.0427. The molecule has 0 bridgehead atoms. The van der Waals surface area contributed by atoms with Gasteiger partial charge in [-0.3, -0.25) is 4.79 Å². The molecule has 1 aliphatic rings. The number of nitrogens with two attached hydrogens (primary N) is 1. The summed E-state index contributed by atoms with van der Waals surface area (Å²) in [5.41, 5.74) is 5.90. The van der Waals surface area contributed by atoms with Gasteiger partial charge in [0.1, 0.15) is 6.04 Å². The van der Waals surface area contributed by atoms with Crippen LogP contribution in [-0.4, -0.2) is 57.1 Å². The summed E-state index contributed by atoms with van der Waals surface area (Å²) in [6.07, 6.45) is 4.29. The molecule has 1 amide bonds. The molecule has 7 heteroatoms. The van der Waals surface area contributed by atoms with Gasteiger partial charge in [0.2, 0.25) is 5.91 Å². The third-order valence-electron chi connectivity index (χ3n) is 3.12. The van der Waals surface area contributed by atoms with Crippen molar-refractivity contribution in [2.75, 3.05) is 17.8 Å². The Morgan fingerprint density at radius 2 is 2.26 bits per heavy atom. The normalized spacial score (nSPS) is 24.5. The first kappa shape index (κ1) is 16.7. The van der Waals surface area contributed by atoms with Crippen molar-refractivity contribution < 1.29 is 14.7 Å². The first-order chi connectivity index (χ1) is 9.02. The number of hydrogen-bond acceptors (Lipinski definition) is 5. The Bertz CT molecular complexity index is 328. The van der Waals surface area contributed by atoms with Gasteiger partial charge < -0.3 is 15.7 Å². The fourth-order valence-corrected chi connectivity index (χ4v) is 4.09. The third kappa shape index (κ3) is 4.29. The van der Waals surface area contributed by atoms with E-state index in [1.807, 2.05) is 13.2 Å². The van der Waals surface area contributed by atoms with E-state index in [2.05, 4.69) is 0 Å². The minimum Gasteiger partial charge on any atom is -0.480 e. The molecule has 1 heterocycles. The Hall–Kier alpha value is -0.400. The summed E-state index contributed by atoms with van der Waals surface area (Å²) in [6.45, 7) is 2.03. The van der Waals surface area contributed by atoms with Gasteiger partial charge in [-0.1, -0.05) is 13.3 Å². The second-order valence-corrected chi connectivity index (χ2v) is 6.76. The van der Waals surface area contributed by atoms with Crippen LogP contribution >= 0.6 is 23.5 Å². The van der Waals surface area contributed by atoms with Crippen molar-refractivity contribution in [3.63, 3.8) is 0 Å². The van der Waals surface area contributed by atoms with Gasteiger partial charge >= 0.3 is 5.97 Å². The van der Waals surface area contributed by atoms with Crippen LogP contribution in [0.1, 0.15) is 26.2 Å². The lowest BCUT2D eigenvalue weighted by Gasteiger charge is -2.29. The Morgan fingerprint density at radius 1 is 1.58 bits per heavy atom. The highest BCUT2D eigenvalue weighted by atomic mass is 32.2. The zero-order valence-electron chi connectivity index (χ0n) is 11.4. The van der Waals surface area contributed by atoms with Crippen LogP contribution in [0.15, 0.2) is 0 Å². The lowest BCUT2D eigenvalue weighted by Crippen LogP contribution is -2.52. The zero-order valence-corrected chi connectivity index (χ0v) is 13.0. The number of amides is 1. The van der Waals surface area contributed by atoms with Crippen LogP contribution in [0.3, 0.4) is 0 Å². The van der Waals surface area contributed by atoms with E-state index in [4.69, 9.17) is 5.73 Å². The summed E-state index contributed by atoms with van der Waals surface area (Å²) >= 11 is 3.18. The van der Waals surface area contributed by atoms with Crippen molar-refractivity contribution in [2.45, 2.75) is 43.6 Å². The molecule has 0 saturated carbocycles.